The second kappa shape index (κ2) is 12.0. The number of phenolic OH excluding ortho intramolecular Hbond substituents is 2. The molecule has 0 aliphatic rings. The van der Waals surface area contributed by atoms with Gasteiger partial charge >= 0.3 is 75.5 Å². The molecule has 0 spiro atoms. The van der Waals surface area contributed by atoms with E-state index in [-0.39, 0.29) is 75.5 Å². The molecule has 4 heteroatoms. The Labute approximate surface area is 155 Å². The number of hydrogen-bond acceptors (Lipinski definition) is 2. The van der Waals surface area contributed by atoms with E-state index in [9.17, 15) is 0 Å². The van der Waals surface area contributed by atoms with Crippen LogP contribution in [-0.2, 0) is 0 Å². The Bertz CT molecular complexity index is 314. The fourth-order valence-corrected chi connectivity index (χ4v) is 0.856. The molecule has 0 aliphatic heterocycles. The van der Waals surface area contributed by atoms with Crippen LogP contribution in [0.3, 0.4) is 0 Å². The molecular formula is C12H16Ca2O2. The number of para-hydroxylation sites is 2. The average Bonchev–Trinajstić information content (AvgIpc) is 2.21. The van der Waals surface area contributed by atoms with Crippen molar-refractivity contribution in [1.29, 1.82) is 0 Å². The zero-order chi connectivity index (χ0) is 10.2. The molecule has 0 heterocycles. The van der Waals surface area contributed by atoms with E-state index in [4.69, 9.17) is 10.2 Å². The SMILES string of the molecule is Oc1ccccc1.Oc1ccccc1.[CaH2].[CaH2]. The third-order valence-electron chi connectivity index (χ3n) is 1.51. The summed E-state index contributed by atoms with van der Waals surface area (Å²) in [6.07, 6.45) is 0. The Morgan fingerprint density at radius 2 is 0.750 bits per heavy atom. The van der Waals surface area contributed by atoms with E-state index in [1.807, 2.05) is 12.1 Å². The van der Waals surface area contributed by atoms with Gasteiger partial charge in [0.05, 0.1) is 0 Å². The summed E-state index contributed by atoms with van der Waals surface area (Å²) < 4.78 is 0. The standard InChI is InChI=1S/2C6H6O.2Ca.4H/c2*7-6-4-2-1-3-5-6;;;;;;/h2*1-5,7H;;;;;;. The Morgan fingerprint density at radius 1 is 0.500 bits per heavy atom. The number of aromatic hydroxyl groups is 2. The summed E-state index contributed by atoms with van der Waals surface area (Å²) in [5.41, 5.74) is 0. The molecule has 2 N–H and O–H groups in total. The van der Waals surface area contributed by atoms with E-state index in [0.717, 1.165) is 0 Å². The van der Waals surface area contributed by atoms with Crippen LogP contribution in [0.5, 0.6) is 11.5 Å². The first-order valence-corrected chi connectivity index (χ1v) is 4.27. The van der Waals surface area contributed by atoms with Crippen LogP contribution in [0.15, 0.2) is 60.7 Å². The number of rotatable bonds is 0. The molecule has 0 radical (unpaired) electrons. The van der Waals surface area contributed by atoms with E-state index in [2.05, 4.69) is 0 Å². The van der Waals surface area contributed by atoms with Crippen molar-refractivity contribution in [3.8, 4) is 11.5 Å². The first kappa shape index (κ1) is 18.9. The number of phenols is 2. The van der Waals surface area contributed by atoms with E-state index in [0.29, 0.717) is 11.5 Å². The predicted octanol–water partition coefficient (Wildman–Crippen LogP) is 0.952. The van der Waals surface area contributed by atoms with Gasteiger partial charge in [0.15, 0.2) is 0 Å². The Morgan fingerprint density at radius 3 is 0.875 bits per heavy atom. The van der Waals surface area contributed by atoms with Crippen LogP contribution in [0.1, 0.15) is 0 Å². The van der Waals surface area contributed by atoms with Crippen LogP contribution >= 0.6 is 0 Å². The van der Waals surface area contributed by atoms with Gasteiger partial charge in [0.25, 0.3) is 0 Å². The topological polar surface area (TPSA) is 40.5 Å². The van der Waals surface area contributed by atoms with Crippen molar-refractivity contribution in [2.24, 2.45) is 0 Å². The van der Waals surface area contributed by atoms with Gasteiger partial charge in [-0.3, -0.25) is 0 Å². The maximum absolute atomic E-state index is 8.63. The summed E-state index contributed by atoms with van der Waals surface area (Å²) in [7, 11) is 0. The Hall–Kier alpha value is 0.559. The van der Waals surface area contributed by atoms with Crippen LogP contribution in [0, 0.1) is 0 Å². The van der Waals surface area contributed by atoms with Crippen molar-refractivity contribution >= 4 is 75.5 Å². The van der Waals surface area contributed by atoms with Gasteiger partial charge in [-0.2, -0.15) is 0 Å². The third-order valence-corrected chi connectivity index (χ3v) is 1.51. The predicted molar refractivity (Wildman–Crippen MR) is 73.3 cm³/mol. The van der Waals surface area contributed by atoms with E-state index >= 15 is 0 Å². The molecule has 0 atom stereocenters. The third kappa shape index (κ3) is 9.76. The van der Waals surface area contributed by atoms with Crippen LogP contribution in [0.25, 0.3) is 0 Å². The van der Waals surface area contributed by atoms with E-state index in [1.165, 1.54) is 0 Å². The number of benzene rings is 2. The van der Waals surface area contributed by atoms with Gasteiger partial charge < -0.3 is 10.2 Å². The second-order valence-electron chi connectivity index (χ2n) is 2.67. The summed E-state index contributed by atoms with van der Waals surface area (Å²) in [6, 6.07) is 17.4. The molecule has 2 aromatic carbocycles. The van der Waals surface area contributed by atoms with Crippen molar-refractivity contribution in [2.75, 3.05) is 0 Å². The molecule has 0 saturated heterocycles. The molecular weight excluding hydrogens is 256 g/mol. The van der Waals surface area contributed by atoms with E-state index < -0.39 is 0 Å². The van der Waals surface area contributed by atoms with Crippen LogP contribution < -0.4 is 0 Å². The summed E-state index contributed by atoms with van der Waals surface area (Å²) in [6.45, 7) is 0. The summed E-state index contributed by atoms with van der Waals surface area (Å²) >= 11 is 0. The molecule has 2 rings (SSSR count). The molecule has 2 nitrogen and oxygen atoms in total. The van der Waals surface area contributed by atoms with E-state index in [1.54, 1.807) is 48.5 Å². The molecule has 0 saturated carbocycles. The van der Waals surface area contributed by atoms with Gasteiger partial charge in [0, 0.05) is 0 Å². The first-order valence-electron chi connectivity index (χ1n) is 4.27. The molecule has 80 valence electrons. The fourth-order valence-electron chi connectivity index (χ4n) is 0.856. The molecule has 0 bridgehead atoms. The van der Waals surface area contributed by atoms with Gasteiger partial charge in [-0.15, -0.1) is 0 Å². The molecule has 0 aliphatic carbocycles. The molecule has 16 heavy (non-hydrogen) atoms. The quantitative estimate of drug-likeness (QED) is 0.701. The van der Waals surface area contributed by atoms with Gasteiger partial charge in [0.1, 0.15) is 11.5 Å². The minimum absolute atomic E-state index is 0. The molecule has 0 unspecified atom stereocenters. The molecule has 0 aromatic heterocycles. The fraction of sp³-hybridized carbons (Fsp3) is 0. The van der Waals surface area contributed by atoms with Gasteiger partial charge in [0.2, 0.25) is 0 Å². The second-order valence-corrected chi connectivity index (χ2v) is 2.67. The average molecular weight is 272 g/mol. The number of hydrogen-bond donors (Lipinski definition) is 2. The van der Waals surface area contributed by atoms with Gasteiger partial charge in [-0.25, -0.2) is 0 Å². The summed E-state index contributed by atoms with van der Waals surface area (Å²) in [4.78, 5) is 0. The van der Waals surface area contributed by atoms with Crippen LogP contribution in [0.4, 0.5) is 0 Å². The first-order chi connectivity index (χ1) is 6.79. The zero-order valence-electron chi connectivity index (χ0n) is 7.67. The zero-order valence-corrected chi connectivity index (χ0v) is 7.67. The Balaban J connectivity index is 0. The Kier molecular flexibility index (Phi) is 14.2. The van der Waals surface area contributed by atoms with Crippen LogP contribution in [-0.4, -0.2) is 85.7 Å². The van der Waals surface area contributed by atoms with Crippen LogP contribution in [0.2, 0.25) is 0 Å². The van der Waals surface area contributed by atoms with Gasteiger partial charge in [-0.05, 0) is 24.3 Å². The van der Waals surface area contributed by atoms with Crippen molar-refractivity contribution < 1.29 is 10.2 Å². The maximum atomic E-state index is 8.63. The normalized spacial score (nSPS) is 7.50. The van der Waals surface area contributed by atoms with Crippen molar-refractivity contribution in [1.82, 2.24) is 0 Å². The molecule has 2 aromatic rings. The van der Waals surface area contributed by atoms with Crippen molar-refractivity contribution in [3.63, 3.8) is 0 Å². The van der Waals surface area contributed by atoms with Crippen molar-refractivity contribution in [2.45, 2.75) is 0 Å². The molecule has 0 fully saturated rings. The minimum atomic E-state index is 0. The summed E-state index contributed by atoms with van der Waals surface area (Å²) in [5, 5.41) is 17.3. The summed E-state index contributed by atoms with van der Waals surface area (Å²) in [5.74, 6) is 0.644. The monoisotopic (exact) mass is 272 g/mol. The van der Waals surface area contributed by atoms with Crippen molar-refractivity contribution in [3.05, 3.63) is 60.7 Å². The molecule has 0 amide bonds. The van der Waals surface area contributed by atoms with Gasteiger partial charge in [-0.1, -0.05) is 36.4 Å².